The van der Waals surface area contributed by atoms with E-state index in [9.17, 15) is 4.39 Å². The molecule has 0 aromatic carbocycles. The topological polar surface area (TPSA) is 53.6 Å². The number of nitrogens with zero attached hydrogens (tertiary/aromatic N) is 2. The molecule has 19 heavy (non-hydrogen) atoms. The Morgan fingerprint density at radius 1 is 1.32 bits per heavy atom. The molecule has 0 amide bonds. The maximum atomic E-state index is 13.4. The monoisotopic (exact) mass is 274 g/mol. The molecule has 96 valence electrons. The third-order valence-corrected chi connectivity index (χ3v) is 3.58. The highest BCUT2D eigenvalue weighted by molar-refractivity contribution is 7.13. The van der Waals surface area contributed by atoms with Gasteiger partial charge in [-0.05, 0) is 23.6 Å². The van der Waals surface area contributed by atoms with Crippen molar-refractivity contribution in [1.29, 1.82) is 0 Å². The first-order valence-corrected chi connectivity index (χ1v) is 6.63. The molecule has 0 bridgehead atoms. The Morgan fingerprint density at radius 2 is 2.26 bits per heavy atom. The molecule has 4 nitrogen and oxygen atoms in total. The van der Waals surface area contributed by atoms with Crippen molar-refractivity contribution in [3.8, 4) is 10.6 Å². The largest absolute Gasteiger partial charge is 0.363 e. The van der Waals surface area contributed by atoms with Crippen molar-refractivity contribution in [3.63, 3.8) is 0 Å². The third-order valence-electron chi connectivity index (χ3n) is 2.69. The number of nitrogens with one attached hydrogen (secondary N) is 2. The zero-order valence-electron chi connectivity index (χ0n) is 9.93. The van der Waals surface area contributed by atoms with Crippen molar-refractivity contribution in [2.75, 3.05) is 5.32 Å². The maximum Gasteiger partial charge on any atom is 0.165 e. The number of pyridine rings is 1. The summed E-state index contributed by atoms with van der Waals surface area (Å²) in [6, 6.07) is 6.94. The zero-order chi connectivity index (χ0) is 13.1. The lowest BCUT2D eigenvalue weighted by molar-refractivity contribution is 0.624. The van der Waals surface area contributed by atoms with Crippen LogP contribution in [0.1, 0.15) is 5.56 Å². The van der Waals surface area contributed by atoms with E-state index in [1.54, 1.807) is 29.8 Å². The Kier molecular flexibility index (Phi) is 3.24. The van der Waals surface area contributed by atoms with Crippen LogP contribution in [0.15, 0.2) is 42.0 Å². The van der Waals surface area contributed by atoms with Crippen LogP contribution in [0.4, 0.5) is 10.2 Å². The predicted molar refractivity (Wildman–Crippen MR) is 73.4 cm³/mol. The average molecular weight is 274 g/mol. The molecule has 0 atom stereocenters. The number of aromatic nitrogens is 3. The first-order valence-electron chi connectivity index (χ1n) is 5.75. The molecule has 0 saturated carbocycles. The summed E-state index contributed by atoms with van der Waals surface area (Å²) in [7, 11) is 0. The molecule has 0 radical (unpaired) electrons. The predicted octanol–water partition coefficient (Wildman–Crippen LogP) is 3.28. The van der Waals surface area contributed by atoms with E-state index in [1.165, 1.54) is 6.07 Å². The third kappa shape index (κ3) is 2.48. The van der Waals surface area contributed by atoms with E-state index in [2.05, 4.69) is 20.5 Å². The summed E-state index contributed by atoms with van der Waals surface area (Å²) in [6.45, 7) is 0.470. The van der Waals surface area contributed by atoms with Crippen molar-refractivity contribution in [3.05, 3.63) is 53.4 Å². The minimum Gasteiger partial charge on any atom is -0.363 e. The van der Waals surface area contributed by atoms with Crippen LogP contribution in [-0.2, 0) is 6.54 Å². The Bertz CT molecular complexity index is 663. The van der Waals surface area contributed by atoms with Crippen molar-refractivity contribution < 1.29 is 4.39 Å². The number of rotatable bonds is 4. The van der Waals surface area contributed by atoms with E-state index < -0.39 is 0 Å². The lowest BCUT2D eigenvalue weighted by atomic mass is 10.2. The number of thiophene rings is 1. The van der Waals surface area contributed by atoms with Crippen LogP contribution < -0.4 is 5.32 Å². The molecule has 6 heteroatoms. The Balaban J connectivity index is 1.78. The lowest BCUT2D eigenvalue weighted by Gasteiger charge is -2.06. The van der Waals surface area contributed by atoms with Gasteiger partial charge in [0.25, 0.3) is 0 Å². The quantitative estimate of drug-likeness (QED) is 0.767. The molecule has 3 heterocycles. The molecule has 0 aliphatic heterocycles. The van der Waals surface area contributed by atoms with Crippen LogP contribution >= 0.6 is 11.3 Å². The fraction of sp³-hybridized carbons (Fsp3) is 0.0769. The second-order valence-electron chi connectivity index (χ2n) is 3.93. The molecule has 3 rings (SSSR count). The van der Waals surface area contributed by atoms with Crippen LogP contribution in [0.5, 0.6) is 0 Å². The van der Waals surface area contributed by atoms with Gasteiger partial charge < -0.3 is 5.32 Å². The van der Waals surface area contributed by atoms with Gasteiger partial charge in [0.1, 0.15) is 0 Å². The molecular formula is C13H11FN4S. The minimum atomic E-state index is -0.358. The summed E-state index contributed by atoms with van der Waals surface area (Å²) in [5.74, 6) is -0.107. The minimum absolute atomic E-state index is 0.251. The standard InChI is InChI=1S/C13H11FN4S/c14-10-3-1-5-15-13(10)16-7-9-8-17-18-12(9)11-4-2-6-19-11/h1-6,8H,7H2,(H,15,16)(H,17,18). The van der Waals surface area contributed by atoms with E-state index in [0.717, 1.165) is 16.1 Å². The number of aromatic amines is 1. The number of halogens is 1. The van der Waals surface area contributed by atoms with Gasteiger partial charge in [0.15, 0.2) is 11.6 Å². The van der Waals surface area contributed by atoms with E-state index >= 15 is 0 Å². The van der Waals surface area contributed by atoms with Gasteiger partial charge in [0.2, 0.25) is 0 Å². The van der Waals surface area contributed by atoms with Crippen LogP contribution in [-0.4, -0.2) is 15.2 Å². The molecule has 3 aromatic rings. The summed E-state index contributed by atoms with van der Waals surface area (Å²) in [6.07, 6.45) is 3.30. The van der Waals surface area contributed by atoms with Gasteiger partial charge in [-0.2, -0.15) is 5.10 Å². The van der Waals surface area contributed by atoms with Crippen molar-refractivity contribution in [2.24, 2.45) is 0 Å². The van der Waals surface area contributed by atoms with E-state index in [1.807, 2.05) is 17.5 Å². The first-order chi connectivity index (χ1) is 9.34. The SMILES string of the molecule is Fc1cccnc1NCc1cn[nH]c1-c1cccs1. The fourth-order valence-electron chi connectivity index (χ4n) is 1.77. The molecule has 0 aliphatic rings. The first kappa shape index (κ1) is 11.9. The molecule has 0 spiro atoms. The normalized spacial score (nSPS) is 10.6. The van der Waals surface area contributed by atoms with Crippen molar-refractivity contribution >= 4 is 17.2 Å². The Hall–Kier alpha value is -2.21. The Morgan fingerprint density at radius 3 is 3.05 bits per heavy atom. The van der Waals surface area contributed by atoms with E-state index in [0.29, 0.717) is 6.54 Å². The fourth-order valence-corrected chi connectivity index (χ4v) is 2.53. The van der Waals surface area contributed by atoms with Crippen LogP contribution in [0.25, 0.3) is 10.6 Å². The summed E-state index contributed by atoms with van der Waals surface area (Å²) in [4.78, 5) is 5.06. The molecule has 0 saturated heterocycles. The van der Waals surface area contributed by atoms with Gasteiger partial charge in [0.05, 0.1) is 16.8 Å². The number of hydrogen-bond acceptors (Lipinski definition) is 4. The molecule has 0 aliphatic carbocycles. The number of anilines is 1. The lowest BCUT2D eigenvalue weighted by Crippen LogP contribution is -2.03. The van der Waals surface area contributed by atoms with Gasteiger partial charge >= 0.3 is 0 Å². The van der Waals surface area contributed by atoms with E-state index in [-0.39, 0.29) is 11.6 Å². The highest BCUT2D eigenvalue weighted by atomic mass is 32.1. The number of H-pyrrole nitrogens is 1. The van der Waals surface area contributed by atoms with Crippen LogP contribution in [0.3, 0.4) is 0 Å². The average Bonchev–Trinajstić information content (AvgIpc) is 3.08. The Labute approximate surface area is 113 Å². The van der Waals surface area contributed by atoms with Gasteiger partial charge in [-0.25, -0.2) is 9.37 Å². The molecule has 0 unspecified atom stereocenters. The number of hydrogen-bond donors (Lipinski definition) is 2. The van der Waals surface area contributed by atoms with Crippen LogP contribution in [0, 0.1) is 5.82 Å². The van der Waals surface area contributed by atoms with Crippen molar-refractivity contribution in [1.82, 2.24) is 15.2 Å². The summed E-state index contributed by atoms with van der Waals surface area (Å²) >= 11 is 1.63. The second-order valence-corrected chi connectivity index (χ2v) is 4.88. The molecule has 0 fully saturated rings. The summed E-state index contributed by atoms with van der Waals surface area (Å²) < 4.78 is 13.4. The highest BCUT2D eigenvalue weighted by Crippen LogP contribution is 2.26. The zero-order valence-corrected chi connectivity index (χ0v) is 10.7. The highest BCUT2D eigenvalue weighted by Gasteiger charge is 2.09. The second kappa shape index (κ2) is 5.19. The smallest absolute Gasteiger partial charge is 0.165 e. The van der Waals surface area contributed by atoms with Gasteiger partial charge in [0, 0.05) is 18.3 Å². The summed E-state index contributed by atoms with van der Waals surface area (Å²) in [5, 5.41) is 12.0. The van der Waals surface area contributed by atoms with Gasteiger partial charge in [-0.3, -0.25) is 5.10 Å². The van der Waals surface area contributed by atoms with Crippen LogP contribution in [0.2, 0.25) is 0 Å². The van der Waals surface area contributed by atoms with Gasteiger partial charge in [-0.1, -0.05) is 6.07 Å². The molecular weight excluding hydrogens is 263 g/mol. The van der Waals surface area contributed by atoms with Crippen molar-refractivity contribution in [2.45, 2.75) is 6.54 Å². The molecule has 2 N–H and O–H groups in total. The maximum absolute atomic E-state index is 13.4. The summed E-state index contributed by atoms with van der Waals surface area (Å²) in [5.41, 5.74) is 1.94. The van der Waals surface area contributed by atoms with E-state index in [4.69, 9.17) is 0 Å². The van der Waals surface area contributed by atoms with Gasteiger partial charge in [-0.15, -0.1) is 11.3 Å². The molecule has 3 aromatic heterocycles.